The highest BCUT2D eigenvalue weighted by Gasteiger charge is 2.13. The van der Waals surface area contributed by atoms with Gasteiger partial charge in [-0.2, -0.15) is 5.26 Å². The van der Waals surface area contributed by atoms with Crippen molar-refractivity contribution < 1.29 is 19.2 Å². The molecule has 2 rings (SSSR count). The summed E-state index contributed by atoms with van der Waals surface area (Å²) in [5.74, 6) is -1.25. The van der Waals surface area contributed by atoms with Crippen LogP contribution in [0.4, 0.5) is 17.1 Å². The van der Waals surface area contributed by atoms with Gasteiger partial charge in [0, 0.05) is 24.0 Å². The van der Waals surface area contributed by atoms with Crippen LogP contribution < -0.4 is 10.6 Å². The summed E-state index contributed by atoms with van der Waals surface area (Å²) in [5, 5.41) is 25.1. The molecule has 28 heavy (non-hydrogen) atoms. The monoisotopic (exact) mass is 380 g/mol. The van der Waals surface area contributed by atoms with Crippen molar-refractivity contribution >= 4 is 28.9 Å². The van der Waals surface area contributed by atoms with E-state index in [1.54, 1.807) is 37.3 Å². The van der Waals surface area contributed by atoms with Crippen molar-refractivity contribution in [1.82, 2.24) is 0 Å². The fourth-order valence-electron chi connectivity index (χ4n) is 2.16. The molecule has 142 valence electrons. The minimum absolute atomic E-state index is 0.119. The Morgan fingerprint density at radius 3 is 2.50 bits per heavy atom. The molecule has 0 bridgehead atoms. The maximum atomic E-state index is 12.2. The quantitative estimate of drug-likeness (QED) is 0.247. The van der Waals surface area contributed by atoms with Gasteiger partial charge in [0.2, 0.25) is 0 Å². The van der Waals surface area contributed by atoms with Crippen molar-refractivity contribution in [2.75, 3.05) is 17.2 Å². The number of nitro groups is 1. The van der Waals surface area contributed by atoms with Crippen LogP contribution in [0.15, 0.2) is 60.3 Å². The second-order valence-electron chi connectivity index (χ2n) is 5.34. The molecule has 0 heterocycles. The number of hydrogen-bond donors (Lipinski definition) is 2. The van der Waals surface area contributed by atoms with E-state index in [0.29, 0.717) is 11.4 Å². The number of amides is 1. The molecule has 0 aromatic heterocycles. The molecule has 2 N–H and O–H groups in total. The van der Waals surface area contributed by atoms with Gasteiger partial charge in [0.05, 0.1) is 22.8 Å². The van der Waals surface area contributed by atoms with Crippen molar-refractivity contribution in [3.05, 3.63) is 76.0 Å². The molecule has 1 amide bonds. The number of benzene rings is 2. The van der Waals surface area contributed by atoms with Gasteiger partial charge >= 0.3 is 5.97 Å². The Labute approximate surface area is 160 Å². The lowest BCUT2D eigenvalue weighted by Gasteiger charge is -2.09. The Bertz CT molecular complexity index is 961. The van der Waals surface area contributed by atoms with E-state index in [-0.39, 0.29) is 23.4 Å². The van der Waals surface area contributed by atoms with E-state index in [9.17, 15) is 25.0 Å². The summed E-state index contributed by atoms with van der Waals surface area (Å²) in [4.78, 5) is 34.3. The molecule has 0 aliphatic heterocycles. The van der Waals surface area contributed by atoms with E-state index in [2.05, 4.69) is 10.6 Å². The van der Waals surface area contributed by atoms with Crippen LogP contribution >= 0.6 is 0 Å². The van der Waals surface area contributed by atoms with Crippen LogP contribution in [0.25, 0.3) is 0 Å². The molecule has 0 saturated heterocycles. The summed E-state index contributed by atoms with van der Waals surface area (Å²) in [6, 6.07) is 13.4. The number of nitrogens with one attached hydrogen (secondary N) is 2. The van der Waals surface area contributed by atoms with E-state index in [1.807, 2.05) is 0 Å². The van der Waals surface area contributed by atoms with Crippen molar-refractivity contribution in [3.8, 4) is 6.07 Å². The number of rotatable bonds is 7. The molecule has 2 aromatic carbocycles. The van der Waals surface area contributed by atoms with Crippen LogP contribution in [0.3, 0.4) is 0 Å². The van der Waals surface area contributed by atoms with Gasteiger partial charge in [-0.25, -0.2) is 4.79 Å². The highest BCUT2D eigenvalue weighted by molar-refractivity contribution is 6.07. The molecule has 9 heteroatoms. The zero-order valence-corrected chi connectivity index (χ0v) is 14.8. The highest BCUT2D eigenvalue weighted by Crippen LogP contribution is 2.18. The fourth-order valence-corrected chi connectivity index (χ4v) is 2.16. The van der Waals surface area contributed by atoms with Crippen LogP contribution in [0, 0.1) is 21.4 Å². The molecule has 0 unspecified atom stereocenters. The van der Waals surface area contributed by atoms with Gasteiger partial charge in [-0.3, -0.25) is 14.9 Å². The Balaban J connectivity index is 2.14. The second kappa shape index (κ2) is 9.49. The Kier molecular flexibility index (Phi) is 6.82. The van der Waals surface area contributed by atoms with E-state index in [4.69, 9.17) is 4.74 Å². The molecule has 0 spiro atoms. The fraction of sp³-hybridized carbons (Fsp3) is 0.105. The maximum absolute atomic E-state index is 12.2. The predicted molar refractivity (Wildman–Crippen MR) is 101 cm³/mol. The van der Waals surface area contributed by atoms with Crippen molar-refractivity contribution in [2.24, 2.45) is 0 Å². The number of non-ortho nitro benzene ring substituents is 1. The summed E-state index contributed by atoms with van der Waals surface area (Å²) in [6.45, 7) is 1.90. The summed E-state index contributed by atoms with van der Waals surface area (Å²) in [6.07, 6.45) is 1.17. The summed E-state index contributed by atoms with van der Waals surface area (Å²) in [5.41, 5.74) is 0.553. The molecule has 0 atom stereocenters. The first-order valence-electron chi connectivity index (χ1n) is 8.15. The number of ether oxygens (including phenoxy) is 1. The van der Waals surface area contributed by atoms with Gasteiger partial charge in [0.1, 0.15) is 11.6 Å². The van der Waals surface area contributed by atoms with E-state index in [1.165, 1.54) is 30.5 Å². The number of nitrogens with zero attached hydrogens (tertiary/aromatic N) is 2. The van der Waals surface area contributed by atoms with Crippen molar-refractivity contribution in [1.29, 1.82) is 5.26 Å². The zero-order chi connectivity index (χ0) is 20.5. The average Bonchev–Trinajstić information content (AvgIpc) is 2.69. The number of carbonyl (C=O) groups excluding carboxylic acids is 2. The number of nitro benzene ring substituents is 1. The summed E-state index contributed by atoms with van der Waals surface area (Å²) in [7, 11) is 0. The first-order chi connectivity index (χ1) is 13.5. The number of nitriles is 1. The zero-order valence-electron chi connectivity index (χ0n) is 14.8. The smallest absolute Gasteiger partial charge is 0.340 e. The molecule has 9 nitrogen and oxygen atoms in total. The van der Waals surface area contributed by atoms with Gasteiger partial charge in [-0.1, -0.05) is 12.1 Å². The molecule has 0 radical (unpaired) electrons. The molecule has 0 fully saturated rings. The van der Waals surface area contributed by atoms with Crippen LogP contribution in [0.2, 0.25) is 0 Å². The van der Waals surface area contributed by atoms with Gasteiger partial charge < -0.3 is 15.4 Å². The second-order valence-corrected chi connectivity index (χ2v) is 5.34. The van der Waals surface area contributed by atoms with Crippen molar-refractivity contribution in [3.63, 3.8) is 0 Å². The molecule has 0 aliphatic rings. The van der Waals surface area contributed by atoms with Crippen LogP contribution in [-0.2, 0) is 9.53 Å². The van der Waals surface area contributed by atoms with E-state index >= 15 is 0 Å². The number of carbonyl (C=O) groups is 2. The SMILES string of the molecule is CCOC(=O)c1ccccc1N/C=C(/C#N)C(=O)Nc1ccc([N+](=O)[O-])cc1. The maximum Gasteiger partial charge on any atom is 0.340 e. The Hall–Kier alpha value is -4.19. The summed E-state index contributed by atoms with van der Waals surface area (Å²) >= 11 is 0. The van der Waals surface area contributed by atoms with Crippen LogP contribution in [-0.4, -0.2) is 23.4 Å². The predicted octanol–water partition coefficient (Wildman–Crippen LogP) is 3.23. The van der Waals surface area contributed by atoms with Gasteiger partial charge in [-0.05, 0) is 31.2 Å². The normalized spacial score (nSPS) is 10.5. The third-order valence-electron chi connectivity index (χ3n) is 3.50. The largest absolute Gasteiger partial charge is 0.462 e. The molecule has 0 saturated carbocycles. The Morgan fingerprint density at radius 2 is 1.89 bits per heavy atom. The van der Waals surface area contributed by atoms with Crippen LogP contribution in [0.5, 0.6) is 0 Å². The number of para-hydroxylation sites is 1. The number of hydrogen-bond acceptors (Lipinski definition) is 7. The minimum Gasteiger partial charge on any atom is -0.462 e. The number of esters is 1. The van der Waals surface area contributed by atoms with Gasteiger partial charge in [0.15, 0.2) is 0 Å². The standard InChI is InChI=1S/C19H16N4O5/c1-2-28-19(25)16-5-3-4-6-17(16)21-12-13(11-20)18(24)22-14-7-9-15(10-8-14)23(26)27/h3-10,12,21H,2H2,1H3,(H,22,24)/b13-12-. The van der Waals surface area contributed by atoms with Gasteiger partial charge in [-0.15, -0.1) is 0 Å². The molecule has 0 aliphatic carbocycles. The third kappa shape index (κ3) is 5.15. The van der Waals surface area contributed by atoms with E-state index < -0.39 is 16.8 Å². The lowest BCUT2D eigenvalue weighted by atomic mass is 10.1. The Morgan fingerprint density at radius 1 is 1.21 bits per heavy atom. The first kappa shape index (κ1) is 20.1. The van der Waals surface area contributed by atoms with Crippen molar-refractivity contribution in [2.45, 2.75) is 6.92 Å². The minimum atomic E-state index is -0.711. The molecular weight excluding hydrogens is 364 g/mol. The topological polar surface area (TPSA) is 134 Å². The lowest BCUT2D eigenvalue weighted by molar-refractivity contribution is -0.384. The molecular formula is C19H16N4O5. The first-order valence-corrected chi connectivity index (χ1v) is 8.15. The highest BCUT2D eigenvalue weighted by atomic mass is 16.6. The third-order valence-corrected chi connectivity index (χ3v) is 3.50. The molecule has 2 aromatic rings. The summed E-state index contributed by atoms with van der Waals surface area (Å²) < 4.78 is 4.96. The average molecular weight is 380 g/mol. The number of anilines is 2. The lowest BCUT2D eigenvalue weighted by Crippen LogP contribution is -2.15. The van der Waals surface area contributed by atoms with Gasteiger partial charge in [0.25, 0.3) is 11.6 Å². The van der Waals surface area contributed by atoms with Crippen LogP contribution in [0.1, 0.15) is 17.3 Å². The van der Waals surface area contributed by atoms with E-state index in [0.717, 1.165) is 0 Å².